The number of nitrogens with zero attached hydrogens (tertiary/aromatic N) is 1. The summed E-state index contributed by atoms with van der Waals surface area (Å²) in [5.74, 6) is 0.119. The number of carbonyl (C=O) groups is 1. The number of rotatable bonds is 7. The molecule has 1 saturated heterocycles. The predicted molar refractivity (Wildman–Crippen MR) is 132 cm³/mol. The third-order valence-corrected chi connectivity index (χ3v) is 8.57. The van der Waals surface area contributed by atoms with E-state index in [1.54, 1.807) is 6.07 Å². The predicted octanol–water partition coefficient (Wildman–Crippen LogP) is 5.11. The molecule has 0 aromatic heterocycles. The highest BCUT2D eigenvalue weighted by Crippen LogP contribution is 2.27. The molecule has 0 unspecified atom stereocenters. The number of ketones is 1. The molecular formula is C28H31NO3S. The molecule has 4 rings (SSSR count). The minimum atomic E-state index is -3.53. The lowest BCUT2D eigenvalue weighted by Gasteiger charge is -2.31. The van der Waals surface area contributed by atoms with Gasteiger partial charge in [-0.15, -0.1) is 0 Å². The van der Waals surface area contributed by atoms with E-state index < -0.39 is 10.0 Å². The van der Waals surface area contributed by atoms with Crippen LogP contribution in [-0.2, 0) is 27.7 Å². The number of sulfonamides is 1. The van der Waals surface area contributed by atoms with Gasteiger partial charge in [0.2, 0.25) is 10.0 Å². The van der Waals surface area contributed by atoms with Crippen molar-refractivity contribution in [2.45, 2.75) is 44.4 Å². The second-order valence-electron chi connectivity index (χ2n) is 9.07. The van der Waals surface area contributed by atoms with Gasteiger partial charge in [-0.3, -0.25) is 4.79 Å². The summed E-state index contributed by atoms with van der Waals surface area (Å²) in [5, 5.41) is 0. The summed E-state index contributed by atoms with van der Waals surface area (Å²) in [4.78, 5) is 13.3. The van der Waals surface area contributed by atoms with E-state index in [0.29, 0.717) is 37.2 Å². The maximum absolute atomic E-state index is 13.1. The summed E-state index contributed by atoms with van der Waals surface area (Å²) in [6, 6.07) is 24.0. The van der Waals surface area contributed by atoms with Crippen molar-refractivity contribution >= 4 is 15.8 Å². The molecule has 0 bridgehead atoms. The summed E-state index contributed by atoms with van der Waals surface area (Å²) in [6.07, 6.45) is 2.44. The smallest absolute Gasteiger partial charge is 0.243 e. The van der Waals surface area contributed by atoms with Crippen LogP contribution in [0.2, 0.25) is 0 Å². The molecule has 172 valence electrons. The van der Waals surface area contributed by atoms with E-state index in [2.05, 4.69) is 24.3 Å². The molecule has 0 spiro atoms. The molecule has 5 heteroatoms. The number of carbonyl (C=O) groups excluding carboxylic acids is 1. The Morgan fingerprint density at radius 1 is 0.848 bits per heavy atom. The van der Waals surface area contributed by atoms with Crippen molar-refractivity contribution in [1.29, 1.82) is 0 Å². The Kier molecular flexibility index (Phi) is 7.11. The normalized spacial score (nSPS) is 15.5. The fraction of sp³-hybridized carbons (Fsp3) is 0.321. The van der Waals surface area contributed by atoms with Gasteiger partial charge in [0.15, 0.2) is 0 Å². The zero-order chi connectivity index (χ0) is 23.4. The highest BCUT2D eigenvalue weighted by atomic mass is 32.2. The molecule has 0 N–H and O–H groups in total. The van der Waals surface area contributed by atoms with E-state index in [9.17, 15) is 13.2 Å². The zero-order valence-corrected chi connectivity index (χ0v) is 20.1. The molecule has 1 aliphatic rings. The van der Waals surface area contributed by atoms with Gasteiger partial charge in [0.05, 0.1) is 4.90 Å². The average Bonchev–Trinajstić information content (AvgIpc) is 2.81. The Balaban J connectivity index is 1.33. The third kappa shape index (κ3) is 5.60. The van der Waals surface area contributed by atoms with Gasteiger partial charge in [-0.05, 0) is 61.4 Å². The third-order valence-electron chi connectivity index (χ3n) is 6.51. The zero-order valence-electron chi connectivity index (χ0n) is 19.3. The summed E-state index contributed by atoms with van der Waals surface area (Å²) in [7, 11) is -3.53. The Hall–Kier alpha value is -2.76. The lowest BCUT2D eigenvalue weighted by Crippen LogP contribution is -2.40. The molecular weight excluding hydrogens is 430 g/mol. The monoisotopic (exact) mass is 461 g/mol. The molecule has 4 nitrogen and oxygen atoms in total. The second-order valence-corrected chi connectivity index (χ2v) is 11.0. The Labute approximate surface area is 197 Å². The molecule has 33 heavy (non-hydrogen) atoms. The van der Waals surface area contributed by atoms with Gasteiger partial charge in [0.25, 0.3) is 0 Å². The second kappa shape index (κ2) is 10.0. The van der Waals surface area contributed by atoms with E-state index in [0.717, 1.165) is 23.1 Å². The van der Waals surface area contributed by atoms with Crippen molar-refractivity contribution in [1.82, 2.24) is 4.31 Å². The van der Waals surface area contributed by atoms with E-state index in [-0.39, 0.29) is 11.7 Å². The maximum atomic E-state index is 13.1. The standard InChI is InChI=1S/C28H31NO3S/c1-21-8-13-28(22(2)18-21)33(31,32)29-16-14-26(15-17-29)27(30)20-25-11-9-24(10-12-25)19-23-6-4-3-5-7-23/h3-13,18,26H,14-17,19-20H2,1-2H3. The quantitative estimate of drug-likeness (QED) is 0.491. The molecule has 1 aliphatic heterocycles. The minimum absolute atomic E-state index is 0.0837. The van der Waals surface area contributed by atoms with Crippen LogP contribution in [0.5, 0.6) is 0 Å². The van der Waals surface area contributed by atoms with Gasteiger partial charge >= 0.3 is 0 Å². The molecule has 3 aromatic rings. The van der Waals surface area contributed by atoms with E-state index in [4.69, 9.17) is 0 Å². The SMILES string of the molecule is Cc1ccc(S(=O)(=O)N2CCC(C(=O)Cc3ccc(Cc4ccccc4)cc3)CC2)c(C)c1. The van der Waals surface area contributed by atoms with Gasteiger partial charge in [-0.25, -0.2) is 8.42 Å². The molecule has 3 aromatic carbocycles. The van der Waals surface area contributed by atoms with Gasteiger partial charge in [-0.1, -0.05) is 72.3 Å². The van der Waals surface area contributed by atoms with E-state index in [1.807, 2.05) is 56.3 Å². The van der Waals surface area contributed by atoms with Crippen LogP contribution in [-0.4, -0.2) is 31.6 Å². The molecule has 1 fully saturated rings. The van der Waals surface area contributed by atoms with Crippen LogP contribution >= 0.6 is 0 Å². The summed E-state index contributed by atoms with van der Waals surface area (Å²) in [5.41, 5.74) is 5.32. The highest BCUT2D eigenvalue weighted by molar-refractivity contribution is 7.89. The maximum Gasteiger partial charge on any atom is 0.243 e. The van der Waals surface area contributed by atoms with Crippen molar-refractivity contribution in [2.24, 2.45) is 5.92 Å². The number of benzene rings is 3. The first-order chi connectivity index (χ1) is 15.8. The molecule has 0 amide bonds. The average molecular weight is 462 g/mol. The Morgan fingerprint density at radius 3 is 2.09 bits per heavy atom. The first-order valence-corrected chi connectivity index (χ1v) is 13.0. The molecule has 0 atom stereocenters. The van der Waals surface area contributed by atoms with E-state index >= 15 is 0 Å². The molecule has 0 saturated carbocycles. The Morgan fingerprint density at radius 2 is 1.45 bits per heavy atom. The highest BCUT2D eigenvalue weighted by Gasteiger charge is 2.32. The van der Waals surface area contributed by atoms with Crippen molar-refractivity contribution in [2.75, 3.05) is 13.1 Å². The number of aryl methyl sites for hydroxylation is 2. The van der Waals surface area contributed by atoms with E-state index in [1.165, 1.54) is 15.4 Å². The number of hydrogen-bond acceptors (Lipinski definition) is 3. The van der Waals surface area contributed by atoms with Gasteiger partial charge in [-0.2, -0.15) is 4.31 Å². The van der Waals surface area contributed by atoms with Crippen LogP contribution in [0.1, 0.15) is 40.7 Å². The van der Waals surface area contributed by atoms with Crippen LogP contribution in [0, 0.1) is 19.8 Å². The van der Waals surface area contributed by atoms with Crippen molar-refractivity contribution in [3.63, 3.8) is 0 Å². The van der Waals surface area contributed by atoms with Crippen molar-refractivity contribution in [3.8, 4) is 0 Å². The largest absolute Gasteiger partial charge is 0.299 e. The fourth-order valence-corrected chi connectivity index (χ4v) is 6.27. The Bertz CT molecular complexity index is 1210. The fourth-order valence-electron chi connectivity index (χ4n) is 4.60. The topological polar surface area (TPSA) is 54.5 Å². The minimum Gasteiger partial charge on any atom is -0.299 e. The van der Waals surface area contributed by atoms with Gasteiger partial charge in [0, 0.05) is 25.4 Å². The number of Topliss-reactive ketones (excluding diaryl/α,β-unsaturated/α-hetero) is 1. The van der Waals surface area contributed by atoms with Crippen molar-refractivity contribution < 1.29 is 13.2 Å². The summed E-state index contributed by atoms with van der Waals surface area (Å²) in [6.45, 7) is 4.57. The number of hydrogen-bond donors (Lipinski definition) is 0. The van der Waals surface area contributed by atoms with Crippen LogP contribution < -0.4 is 0 Å². The lowest BCUT2D eigenvalue weighted by atomic mass is 9.90. The van der Waals surface area contributed by atoms with Crippen LogP contribution in [0.25, 0.3) is 0 Å². The molecule has 1 heterocycles. The molecule has 0 aliphatic carbocycles. The summed E-state index contributed by atoms with van der Waals surface area (Å²) >= 11 is 0. The van der Waals surface area contributed by atoms with Gasteiger partial charge in [0.1, 0.15) is 5.78 Å². The molecule has 0 radical (unpaired) electrons. The number of piperidine rings is 1. The first-order valence-electron chi connectivity index (χ1n) is 11.5. The van der Waals surface area contributed by atoms with Crippen LogP contribution in [0.3, 0.4) is 0 Å². The lowest BCUT2D eigenvalue weighted by molar-refractivity contribution is -0.123. The first kappa shape index (κ1) is 23.4. The van der Waals surface area contributed by atoms with Crippen molar-refractivity contribution in [3.05, 3.63) is 101 Å². The van der Waals surface area contributed by atoms with Crippen LogP contribution in [0.15, 0.2) is 77.7 Å². The summed E-state index contributed by atoms with van der Waals surface area (Å²) < 4.78 is 27.7. The van der Waals surface area contributed by atoms with Crippen LogP contribution in [0.4, 0.5) is 0 Å². The van der Waals surface area contributed by atoms with Gasteiger partial charge < -0.3 is 0 Å².